The van der Waals surface area contributed by atoms with Crippen LogP contribution in [0.4, 0.5) is 0 Å². The van der Waals surface area contributed by atoms with E-state index in [0.717, 1.165) is 6.42 Å². The number of hydrogen-bond acceptors (Lipinski definition) is 5. The van der Waals surface area contributed by atoms with Crippen molar-refractivity contribution in [2.45, 2.75) is 54.0 Å². The molecule has 0 aliphatic rings. The summed E-state index contributed by atoms with van der Waals surface area (Å²) in [6.07, 6.45) is 0.788. The van der Waals surface area contributed by atoms with Crippen molar-refractivity contribution in [3.63, 3.8) is 0 Å². The predicted molar refractivity (Wildman–Crippen MR) is 89.6 cm³/mol. The summed E-state index contributed by atoms with van der Waals surface area (Å²) in [5.74, 6) is 0.252. The molecule has 0 aromatic rings. The van der Waals surface area contributed by atoms with Crippen LogP contribution in [0.15, 0.2) is 0 Å². The van der Waals surface area contributed by atoms with Crippen LogP contribution in [-0.2, 0) is 22.8 Å². The molecule has 0 aliphatic heterocycles. The number of ether oxygens (including phenoxy) is 1. The molecule has 0 radical (unpaired) electrons. The van der Waals surface area contributed by atoms with Crippen molar-refractivity contribution >= 4 is 14.8 Å². The first-order chi connectivity index (χ1) is 9.98. The Balaban J connectivity index is 4.87. The van der Waals surface area contributed by atoms with Gasteiger partial charge in [-0.15, -0.1) is 0 Å². The average Bonchev–Trinajstić information content (AvgIpc) is 2.42. The standard InChI is InChI=1S/C16H34O5Si/c1-13(2)12-16(6,15(3,4)5)14(17)21-10-11-22(18-7,19-8)20-9/h13H,10-12H2,1-9H3. The maximum Gasteiger partial charge on any atom is 0.503 e. The van der Waals surface area contributed by atoms with Gasteiger partial charge in [0.2, 0.25) is 0 Å². The monoisotopic (exact) mass is 334 g/mol. The van der Waals surface area contributed by atoms with Gasteiger partial charge in [0.1, 0.15) is 0 Å². The van der Waals surface area contributed by atoms with Crippen LogP contribution in [-0.4, -0.2) is 42.7 Å². The van der Waals surface area contributed by atoms with E-state index in [9.17, 15) is 4.79 Å². The van der Waals surface area contributed by atoms with E-state index in [1.807, 2.05) is 6.92 Å². The molecule has 0 bridgehead atoms. The third-order valence-corrected chi connectivity index (χ3v) is 7.18. The summed E-state index contributed by atoms with van der Waals surface area (Å²) in [4.78, 5) is 12.7. The predicted octanol–water partition coefficient (Wildman–Crippen LogP) is 3.51. The highest BCUT2D eigenvalue weighted by Crippen LogP contribution is 2.44. The molecule has 0 fully saturated rings. The van der Waals surface area contributed by atoms with Crippen LogP contribution in [0.1, 0.15) is 48.0 Å². The maximum absolute atomic E-state index is 12.7. The molecule has 0 aromatic heterocycles. The Labute approximate surface area is 137 Å². The summed E-state index contributed by atoms with van der Waals surface area (Å²) in [5, 5.41) is 0. The van der Waals surface area contributed by atoms with Gasteiger partial charge in [0.15, 0.2) is 0 Å². The van der Waals surface area contributed by atoms with Gasteiger partial charge in [0.25, 0.3) is 0 Å². The molecule has 6 heteroatoms. The van der Waals surface area contributed by atoms with Gasteiger partial charge in [-0.25, -0.2) is 0 Å². The minimum Gasteiger partial charge on any atom is -0.465 e. The van der Waals surface area contributed by atoms with Crippen molar-refractivity contribution in [3.05, 3.63) is 0 Å². The molecule has 0 heterocycles. The quantitative estimate of drug-likeness (QED) is 0.477. The van der Waals surface area contributed by atoms with E-state index in [4.69, 9.17) is 18.0 Å². The molecule has 0 rings (SSSR count). The zero-order chi connectivity index (χ0) is 17.6. The Morgan fingerprint density at radius 1 is 1.00 bits per heavy atom. The van der Waals surface area contributed by atoms with Gasteiger partial charge in [-0.1, -0.05) is 34.6 Å². The molecule has 0 saturated heterocycles. The van der Waals surface area contributed by atoms with Gasteiger partial charge in [0.05, 0.1) is 18.1 Å². The first kappa shape index (κ1) is 21.6. The molecular formula is C16H34O5Si. The van der Waals surface area contributed by atoms with Crippen molar-refractivity contribution in [2.75, 3.05) is 27.9 Å². The van der Waals surface area contributed by atoms with Crippen LogP contribution >= 0.6 is 0 Å². The van der Waals surface area contributed by atoms with E-state index in [1.165, 1.54) is 0 Å². The fourth-order valence-corrected chi connectivity index (χ4v) is 3.96. The fraction of sp³-hybridized carbons (Fsp3) is 0.938. The first-order valence-electron chi connectivity index (χ1n) is 7.80. The van der Waals surface area contributed by atoms with Gasteiger partial charge >= 0.3 is 14.8 Å². The summed E-state index contributed by atoms with van der Waals surface area (Å²) in [6, 6.07) is 0.449. The smallest absolute Gasteiger partial charge is 0.465 e. The average molecular weight is 335 g/mol. The summed E-state index contributed by atoms with van der Waals surface area (Å²) in [5.41, 5.74) is -0.703. The molecule has 5 nitrogen and oxygen atoms in total. The Morgan fingerprint density at radius 2 is 1.45 bits per heavy atom. The summed E-state index contributed by atoms with van der Waals surface area (Å²) < 4.78 is 21.6. The fourth-order valence-electron chi connectivity index (χ4n) is 2.50. The molecule has 22 heavy (non-hydrogen) atoms. The Hall–Kier alpha value is -0.433. The van der Waals surface area contributed by atoms with E-state index in [0.29, 0.717) is 12.0 Å². The Kier molecular flexibility index (Phi) is 8.26. The van der Waals surface area contributed by atoms with E-state index in [1.54, 1.807) is 21.3 Å². The van der Waals surface area contributed by atoms with Crippen LogP contribution < -0.4 is 0 Å². The van der Waals surface area contributed by atoms with Gasteiger partial charge in [-0.05, 0) is 24.7 Å². The number of rotatable bonds is 9. The van der Waals surface area contributed by atoms with E-state index in [-0.39, 0.29) is 18.0 Å². The summed E-state index contributed by atoms with van der Waals surface area (Å²) in [6.45, 7) is 12.7. The second kappa shape index (κ2) is 8.43. The number of esters is 1. The molecule has 0 N–H and O–H groups in total. The van der Waals surface area contributed by atoms with Gasteiger partial charge < -0.3 is 18.0 Å². The Morgan fingerprint density at radius 3 is 1.77 bits per heavy atom. The SMILES string of the molecule is CO[Si](CCOC(=O)C(C)(CC(C)C)C(C)(C)C)(OC)OC. The van der Waals surface area contributed by atoms with Crippen molar-refractivity contribution in [1.29, 1.82) is 0 Å². The van der Waals surface area contributed by atoms with Crippen LogP contribution in [0.25, 0.3) is 0 Å². The van der Waals surface area contributed by atoms with Gasteiger partial charge in [-0.3, -0.25) is 4.79 Å². The molecule has 0 spiro atoms. The van der Waals surface area contributed by atoms with Gasteiger partial charge in [-0.2, -0.15) is 0 Å². The molecule has 0 aliphatic carbocycles. The minimum atomic E-state index is -2.70. The molecular weight excluding hydrogens is 300 g/mol. The number of hydrogen-bond donors (Lipinski definition) is 0. The largest absolute Gasteiger partial charge is 0.503 e. The van der Waals surface area contributed by atoms with Crippen molar-refractivity contribution < 1.29 is 22.8 Å². The number of carbonyl (C=O) groups excluding carboxylic acids is 1. The minimum absolute atomic E-state index is 0.167. The van der Waals surface area contributed by atoms with E-state index in [2.05, 4.69) is 34.6 Å². The molecule has 1 atom stereocenters. The zero-order valence-electron chi connectivity index (χ0n) is 15.7. The molecule has 132 valence electrons. The lowest BCUT2D eigenvalue weighted by molar-refractivity contribution is -0.163. The molecule has 1 unspecified atom stereocenters. The van der Waals surface area contributed by atoms with Crippen LogP contribution in [0, 0.1) is 16.7 Å². The maximum atomic E-state index is 12.7. The Bertz CT molecular complexity index is 339. The van der Waals surface area contributed by atoms with Gasteiger partial charge in [0, 0.05) is 21.3 Å². The lowest BCUT2D eigenvalue weighted by atomic mass is 9.64. The number of carbonyl (C=O) groups is 1. The van der Waals surface area contributed by atoms with E-state index >= 15 is 0 Å². The highest BCUT2D eigenvalue weighted by atomic mass is 28.4. The normalized spacial score (nSPS) is 15.7. The third-order valence-electron chi connectivity index (χ3n) is 4.50. The second-order valence-corrected chi connectivity index (χ2v) is 10.5. The van der Waals surface area contributed by atoms with Crippen LogP contribution in [0.5, 0.6) is 0 Å². The van der Waals surface area contributed by atoms with Crippen molar-refractivity contribution in [3.8, 4) is 0 Å². The highest BCUT2D eigenvalue weighted by molar-refractivity contribution is 6.60. The first-order valence-corrected chi connectivity index (χ1v) is 9.74. The highest BCUT2D eigenvalue weighted by Gasteiger charge is 2.46. The molecule has 0 aromatic carbocycles. The third kappa shape index (κ3) is 5.33. The summed E-state index contributed by atoms with van der Waals surface area (Å²) >= 11 is 0. The zero-order valence-corrected chi connectivity index (χ0v) is 16.7. The van der Waals surface area contributed by atoms with Crippen molar-refractivity contribution in [2.24, 2.45) is 16.7 Å². The van der Waals surface area contributed by atoms with E-state index < -0.39 is 14.2 Å². The summed E-state index contributed by atoms with van der Waals surface area (Å²) in [7, 11) is 1.97. The second-order valence-electron chi connectivity index (χ2n) is 7.36. The topological polar surface area (TPSA) is 54.0 Å². The molecule has 0 amide bonds. The molecule has 0 saturated carbocycles. The van der Waals surface area contributed by atoms with Crippen LogP contribution in [0.3, 0.4) is 0 Å². The lowest BCUT2D eigenvalue weighted by Gasteiger charge is -2.41. The lowest BCUT2D eigenvalue weighted by Crippen LogP contribution is -2.46. The van der Waals surface area contributed by atoms with Crippen molar-refractivity contribution in [1.82, 2.24) is 0 Å². The van der Waals surface area contributed by atoms with Crippen LogP contribution in [0.2, 0.25) is 6.04 Å².